The molecular weight excluding hydrogens is 424 g/mol. The lowest BCUT2D eigenvalue weighted by molar-refractivity contribution is -0.114. The van der Waals surface area contributed by atoms with E-state index in [0.29, 0.717) is 17.8 Å². The van der Waals surface area contributed by atoms with Gasteiger partial charge in [0.15, 0.2) is 0 Å². The van der Waals surface area contributed by atoms with Crippen molar-refractivity contribution in [3.63, 3.8) is 0 Å². The molecule has 0 fully saturated rings. The van der Waals surface area contributed by atoms with Gasteiger partial charge in [0, 0.05) is 28.0 Å². The second-order valence-electron chi connectivity index (χ2n) is 5.36. The van der Waals surface area contributed by atoms with Crippen LogP contribution in [0.25, 0.3) is 0 Å². The molecule has 1 aliphatic heterocycles. The molecule has 0 saturated carbocycles. The minimum atomic E-state index is -0.159. The summed E-state index contributed by atoms with van der Waals surface area (Å²) < 4.78 is 1.82. The van der Waals surface area contributed by atoms with Crippen molar-refractivity contribution in [1.82, 2.24) is 0 Å². The third-order valence-electron chi connectivity index (χ3n) is 3.68. The molecule has 4 nitrogen and oxygen atoms in total. The summed E-state index contributed by atoms with van der Waals surface area (Å²) in [6.45, 7) is 2.07. The van der Waals surface area contributed by atoms with Gasteiger partial charge >= 0.3 is 0 Å². The molecule has 0 unspecified atom stereocenters. The zero-order chi connectivity index (χ0) is 16.6. The number of benzene rings is 2. The maximum absolute atomic E-state index is 12.8. The van der Waals surface area contributed by atoms with Gasteiger partial charge in [-0.05, 0) is 48.4 Å². The molecule has 2 amide bonds. The minimum absolute atomic E-state index is 0.0647. The van der Waals surface area contributed by atoms with Gasteiger partial charge in [0.05, 0.1) is 11.4 Å². The van der Waals surface area contributed by atoms with E-state index in [1.807, 2.05) is 24.3 Å². The van der Waals surface area contributed by atoms with Gasteiger partial charge in [-0.2, -0.15) is 0 Å². The maximum Gasteiger partial charge on any atom is 0.258 e. The van der Waals surface area contributed by atoms with Gasteiger partial charge in [0.1, 0.15) is 0 Å². The summed E-state index contributed by atoms with van der Waals surface area (Å²) >= 11 is 6.83. The molecule has 1 N–H and O–H groups in total. The number of anilines is 2. The molecule has 0 saturated heterocycles. The van der Waals surface area contributed by atoms with Crippen molar-refractivity contribution in [2.45, 2.75) is 13.3 Å². The molecule has 0 radical (unpaired) electrons. The number of nitrogens with one attached hydrogen (secondary N) is 1. The molecule has 3 rings (SSSR count). The third-order valence-corrected chi connectivity index (χ3v) is 4.66. The highest BCUT2D eigenvalue weighted by molar-refractivity contribution is 9.10. The van der Waals surface area contributed by atoms with Crippen LogP contribution < -0.4 is 10.2 Å². The third kappa shape index (κ3) is 3.33. The van der Waals surface area contributed by atoms with E-state index in [2.05, 4.69) is 37.2 Å². The molecular formula is C17H14Br2N2O2. The molecule has 0 atom stereocenters. The summed E-state index contributed by atoms with van der Waals surface area (Å²) in [5, 5.41) is 2.82. The topological polar surface area (TPSA) is 49.4 Å². The van der Waals surface area contributed by atoms with Crippen LogP contribution in [0.1, 0.15) is 22.8 Å². The molecule has 6 heteroatoms. The molecule has 1 heterocycles. The summed E-state index contributed by atoms with van der Waals surface area (Å²) in [5.41, 5.74) is 3.12. The number of halogens is 2. The van der Waals surface area contributed by atoms with E-state index in [9.17, 15) is 9.59 Å². The molecule has 0 aliphatic carbocycles. The zero-order valence-electron chi connectivity index (χ0n) is 12.4. The largest absolute Gasteiger partial charge is 0.324 e. The van der Waals surface area contributed by atoms with Crippen LogP contribution in [-0.2, 0) is 11.2 Å². The minimum Gasteiger partial charge on any atom is -0.324 e. The van der Waals surface area contributed by atoms with E-state index >= 15 is 0 Å². The van der Waals surface area contributed by atoms with Crippen LogP contribution in [-0.4, -0.2) is 18.4 Å². The first-order valence-electron chi connectivity index (χ1n) is 7.13. The van der Waals surface area contributed by atoms with Crippen LogP contribution >= 0.6 is 31.9 Å². The quantitative estimate of drug-likeness (QED) is 0.758. The standard InChI is InChI=1S/C17H14Br2N2O2/c1-10(22)20-15-9-14(19)8-12-6-7-21(16(12)15)17(23)11-2-4-13(18)5-3-11/h2-5,8-9H,6-7H2,1H3,(H,20,22). The van der Waals surface area contributed by atoms with Crippen molar-refractivity contribution in [2.75, 3.05) is 16.8 Å². The number of hydrogen-bond donors (Lipinski definition) is 1. The molecule has 2 aromatic carbocycles. The number of rotatable bonds is 2. The summed E-state index contributed by atoms with van der Waals surface area (Å²) in [6.07, 6.45) is 0.767. The summed E-state index contributed by atoms with van der Waals surface area (Å²) in [6, 6.07) is 11.1. The van der Waals surface area contributed by atoms with Crippen LogP contribution in [0.2, 0.25) is 0 Å². The van der Waals surface area contributed by atoms with Gasteiger partial charge in [-0.25, -0.2) is 0 Å². The van der Waals surface area contributed by atoms with Gasteiger partial charge < -0.3 is 10.2 Å². The first-order chi connectivity index (χ1) is 11.0. The van der Waals surface area contributed by atoms with Crippen LogP contribution in [0.15, 0.2) is 45.3 Å². The smallest absolute Gasteiger partial charge is 0.258 e. The lowest BCUT2D eigenvalue weighted by Gasteiger charge is -2.21. The van der Waals surface area contributed by atoms with E-state index in [4.69, 9.17) is 0 Å². The monoisotopic (exact) mass is 436 g/mol. The highest BCUT2D eigenvalue weighted by Crippen LogP contribution is 2.39. The van der Waals surface area contributed by atoms with Gasteiger partial charge in [-0.1, -0.05) is 31.9 Å². The van der Waals surface area contributed by atoms with Crippen molar-refractivity contribution in [2.24, 2.45) is 0 Å². The first kappa shape index (κ1) is 16.2. The molecule has 0 aromatic heterocycles. The Labute approximate surface area is 151 Å². The Balaban J connectivity index is 2.01. The summed E-state index contributed by atoms with van der Waals surface area (Å²) in [7, 11) is 0. The first-order valence-corrected chi connectivity index (χ1v) is 8.72. The second-order valence-corrected chi connectivity index (χ2v) is 7.19. The fraction of sp³-hybridized carbons (Fsp3) is 0.176. The molecule has 2 aromatic rings. The molecule has 1 aliphatic rings. The summed E-state index contributed by atoms with van der Waals surface area (Å²) in [5.74, 6) is -0.224. The fourth-order valence-electron chi connectivity index (χ4n) is 2.75. The van der Waals surface area contributed by atoms with Crippen LogP contribution in [0.5, 0.6) is 0 Å². The Morgan fingerprint density at radius 1 is 1.09 bits per heavy atom. The Morgan fingerprint density at radius 3 is 2.43 bits per heavy atom. The van der Waals surface area contributed by atoms with E-state index in [0.717, 1.165) is 26.6 Å². The molecule has 0 bridgehead atoms. The predicted octanol–water partition coefficient (Wildman–Crippen LogP) is 4.37. The van der Waals surface area contributed by atoms with Crippen LogP contribution in [0.3, 0.4) is 0 Å². The van der Waals surface area contributed by atoms with Crippen molar-refractivity contribution < 1.29 is 9.59 Å². The maximum atomic E-state index is 12.8. The number of carbonyl (C=O) groups is 2. The Kier molecular flexibility index (Phi) is 4.55. The SMILES string of the molecule is CC(=O)Nc1cc(Br)cc2c1N(C(=O)c1ccc(Br)cc1)CC2. The Morgan fingerprint density at radius 2 is 1.78 bits per heavy atom. The molecule has 0 spiro atoms. The number of carbonyl (C=O) groups excluding carboxylic acids is 2. The number of amides is 2. The zero-order valence-corrected chi connectivity index (χ0v) is 15.6. The van der Waals surface area contributed by atoms with E-state index < -0.39 is 0 Å². The van der Waals surface area contributed by atoms with Crippen molar-refractivity contribution in [3.8, 4) is 0 Å². The average molecular weight is 438 g/mol. The van der Waals surface area contributed by atoms with E-state index in [1.165, 1.54) is 6.92 Å². The Hall–Kier alpha value is -1.66. The normalized spacial score (nSPS) is 12.9. The van der Waals surface area contributed by atoms with Gasteiger partial charge in [-0.15, -0.1) is 0 Å². The highest BCUT2D eigenvalue weighted by Gasteiger charge is 2.29. The predicted molar refractivity (Wildman–Crippen MR) is 98.0 cm³/mol. The number of fused-ring (bicyclic) bond motifs is 1. The highest BCUT2D eigenvalue weighted by atomic mass is 79.9. The lowest BCUT2D eigenvalue weighted by Crippen LogP contribution is -2.29. The molecule has 23 heavy (non-hydrogen) atoms. The molecule has 118 valence electrons. The van der Waals surface area contributed by atoms with Crippen molar-refractivity contribution in [3.05, 3.63) is 56.5 Å². The number of nitrogens with zero attached hydrogens (tertiary/aromatic N) is 1. The van der Waals surface area contributed by atoms with Crippen LogP contribution in [0.4, 0.5) is 11.4 Å². The summed E-state index contributed by atoms with van der Waals surface area (Å²) in [4.78, 5) is 26.0. The van der Waals surface area contributed by atoms with Crippen LogP contribution in [0, 0.1) is 0 Å². The van der Waals surface area contributed by atoms with Gasteiger partial charge in [-0.3, -0.25) is 9.59 Å². The average Bonchev–Trinajstić information content (AvgIpc) is 2.90. The van der Waals surface area contributed by atoms with E-state index in [1.54, 1.807) is 17.0 Å². The second kappa shape index (κ2) is 6.45. The van der Waals surface area contributed by atoms with Crippen molar-refractivity contribution in [1.29, 1.82) is 0 Å². The van der Waals surface area contributed by atoms with E-state index in [-0.39, 0.29) is 11.8 Å². The van der Waals surface area contributed by atoms with Crippen molar-refractivity contribution >= 4 is 55.0 Å². The lowest BCUT2D eigenvalue weighted by atomic mass is 10.1. The fourth-order valence-corrected chi connectivity index (χ4v) is 3.51. The van der Waals surface area contributed by atoms with Gasteiger partial charge in [0.25, 0.3) is 5.91 Å². The Bertz CT molecular complexity index is 788. The van der Waals surface area contributed by atoms with Gasteiger partial charge in [0.2, 0.25) is 5.91 Å². The number of hydrogen-bond acceptors (Lipinski definition) is 2.